The van der Waals surface area contributed by atoms with Crippen molar-refractivity contribution in [1.29, 1.82) is 0 Å². The van der Waals surface area contributed by atoms with Crippen LogP contribution in [0.4, 0.5) is 8.78 Å². The molecule has 1 N–H and O–H groups in total. The molecule has 192 valence electrons. The average molecular weight is 501 g/mol. The maximum absolute atomic E-state index is 13.7. The molecule has 0 aliphatic carbocycles. The van der Waals surface area contributed by atoms with E-state index in [1.165, 1.54) is 24.3 Å². The van der Waals surface area contributed by atoms with Crippen molar-refractivity contribution < 1.29 is 8.78 Å². The normalized spacial score (nSPS) is 16.0. The first-order chi connectivity index (χ1) is 17.9. The summed E-state index contributed by atoms with van der Waals surface area (Å²) >= 11 is 0. The fourth-order valence-electron chi connectivity index (χ4n) is 5.58. The highest BCUT2D eigenvalue weighted by Crippen LogP contribution is 2.35. The lowest BCUT2D eigenvalue weighted by Gasteiger charge is -2.43. The number of nitrogens with zero attached hydrogens (tertiary/aromatic N) is 3. The van der Waals surface area contributed by atoms with Gasteiger partial charge in [-0.05, 0) is 48.2 Å². The molecule has 1 fully saturated rings. The second kappa shape index (κ2) is 11.0. The number of halogens is 2. The summed E-state index contributed by atoms with van der Waals surface area (Å²) in [5.41, 5.74) is 5.33. The number of benzene rings is 3. The summed E-state index contributed by atoms with van der Waals surface area (Å²) in [6, 6.07) is 23.7. The molecule has 1 aliphatic heterocycles. The Kier molecular flexibility index (Phi) is 7.49. The Morgan fingerprint density at radius 3 is 1.76 bits per heavy atom. The molecule has 0 amide bonds. The van der Waals surface area contributed by atoms with Crippen LogP contribution in [0, 0.1) is 24.5 Å². The second-order valence-corrected chi connectivity index (χ2v) is 10.2. The Labute approximate surface area is 218 Å². The molecule has 0 saturated carbocycles. The van der Waals surface area contributed by atoms with E-state index in [2.05, 4.69) is 47.7 Å². The zero-order valence-electron chi connectivity index (χ0n) is 21.7. The van der Waals surface area contributed by atoms with Gasteiger partial charge in [-0.3, -0.25) is 9.80 Å². The third-order valence-electron chi connectivity index (χ3n) is 7.36. The van der Waals surface area contributed by atoms with E-state index in [0.29, 0.717) is 5.92 Å². The molecule has 5 rings (SSSR count). The first kappa shape index (κ1) is 25.3. The minimum Gasteiger partial charge on any atom is -0.342 e. The zero-order valence-corrected chi connectivity index (χ0v) is 21.7. The Hall–Kier alpha value is -3.35. The molecule has 0 spiro atoms. The van der Waals surface area contributed by atoms with Gasteiger partial charge in [0.1, 0.15) is 17.5 Å². The topological polar surface area (TPSA) is 35.2 Å². The fourth-order valence-corrected chi connectivity index (χ4v) is 5.58. The van der Waals surface area contributed by atoms with Gasteiger partial charge in [-0.2, -0.15) is 0 Å². The number of hydrogen-bond donors (Lipinski definition) is 1. The Morgan fingerprint density at radius 1 is 0.730 bits per heavy atom. The van der Waals surface area contributed by atoms with Gasteiger partial charge in [0.05, 0.1) is 17.8 Å². The third-order valence-corrected chi connectivity index (χ3v) is 7.36. The lowest BCUT2D eigenvalue weighted by molar-refractivity contribution is 0.0599. The van der Waals surface area contributed by atoms with E-state index < -0.39 is 0 Å². The predicted octanol–water partition coefficient (Wildman–Crippen LogP) is 6.77. The molecule has 0 bridgehead atoms. The molecule has 2 heterocycles. The first-order valence-electron chi connectivity index (χ1n) is 13.0. The van der Waals surface area contributed by atoms with E-state index in [1.807, 2.05) is 42.5 Å². The van der Waals surface area contributed by atoms with Gasteiger partial charge in [-0.25, -0.2) is 13.8 Å². The molecule has 1 unspecified atom stereocenters. The molecule has 1 aliphatic rings. The van der Waals surface area contributed by atoms with Gasteiger partial charge in [0, 0.05) is 37.4 Å². The van der Waals surface area contributed by atoms with Crippen LogP contribution >= 0.6 is 0 Å². The number of aryl methyl sites for hydroxylation is 1. The molecule has 1 atom stereocenters. The summed E-state index contributed by atoms with van der Waals surface area (Å²) in [6.45, 7) is 10.1. The standard InChI is InChI=1S/C31H34F2N4/c1-21(2)29(28-22(3)34-31(35-28)25-7-5-4-6-8-25)36-17-19-37(20-18-36)30(23-9-13-26(32)14-10-23)24-11-15-27(33)16-12-24/h4-16,21,29-30H,17-20H2,1-3H3,(H,34,35). The van der Waals surface area contributed by atoms with Crippen LogP contribution < -0.4 is 0 Å². The van der Waals surface area contributed by atoms with Crippen LogP contribution in [0.15, 0.2) is 78.9 Å². The van der Waals surface area contributed by atoms with Crippen molar-refractivity contribution >= 4 is 0 Å². The smallest absolute Gasteiger partial charge is 0.137 e. The van der Waals surface area contributed by atoms with Crippen LogP contribution in [0.2, 0.25) is 0 Å². The Morgan fingerprint density at radius 2 is 1.24 bits per heavy atom. The van der Waals surface area contributed by atoms with Gasteiger partial charge in [0.15, 0.2) is 0 Å². The summed E-state index contributed by atoms with van der Waals surface area (Å²) in [4.78, 5) is 13.5. The van der Waals surface area contributed by atoms with Crippen molar-refractivity contribution in [2.24, 2.45) is 5.92 Å². The molecule has 3 aromatic carbocycles. The van der Waals surface area contributed by atoms with Crippen LogP contribution in [0.1, 0.15) is 48.4 Å². The van der Waals surface area contributed by atoms with E-state index in [4.69, 9.17) is 4.98 Å². The van der Waals surface area contributed by atoms with Crippen molar-refractivity contribution in [2.75, 3.05) is 26.2 Å². The van der Waals surface area contributed by atoms with Crippen molar-refractivity contribution in [3.63, 3.8) is 0 Å². The van der Waals surface area contributed by atoms with Gasteiger partial charge in [-0.1, -0.05) is 68.4 Å². The number of nitrogens with one attached hydrogen (secondary N) is 1. The van der Waals surface area contributed by atoms with E-state index in [9.17, 15) is 8.78 Å². The monoisotopic (exact) mass is 500 g/mol. The van der Waals surface area contributed by atoms with Gasteiger partial charge in [0.25, 0.3) is 0 Å². The van der Waals surface area contributed by atoms with Gasteiger partial charge < -0.3 is 4.98 Å². The number of hydrogen-bond acceptors (Lipinski definition) is 3. The molecular weight excluding hydrogens is 466 g/mol. The molecular formula is C31H34F2N4. The van der Waals surface area contributed by atoms with Crippen LogP contribution in [-0.2, 0) is 0 Å². The number of rotatable bonds is 7. The Bertz CT molecular complexity index is 1250. The maximum Gasteiger partial charge on any atom is 0.137 e. The van der Waals surface area contributed by atoms with Crippen molar-refractivity contribution in [1.82, 2.24) is 19.8 Å². The number of aromatic amines is 1. The van der Waals surface area contributed by atoms with Gasteiger partial charge >= 0.3 is 0 Å². The molecule has 6 heteroatoms. The molecule has 37 heavy (non-hydrogen) atoms. The van der Waals surface area contributed by atoms with E-state index >= 15 is 0 Å². The highest BCUT2D eigenvalue weighted by Gasteiger charge is 2.33. The largest absolute Gasteiger partial charge is 0.342 e. The number of imidazole rings is 1. The minimum absolute atomic E-state index is 0.0577. The molecule has 1 saturated heterocycles. The summed E-state index contributed by atoms with van der Waals surface area (Å²) in [5.74, 6) is 0.790. The molecule has 4 aromatic rings. The quantitative estimate of drug-likeness (QED) is 0.304. The minimum atomic E-state index is -0.254. The number of piperazine rings is 1. The van der Waals surface area contributed by atoms with Crippen molar-refractivity contribution in [3.8, 4) is 11.4 Å². The van der Waals surface area contributed by atoms with Crippen molar-refractivity contribution in [2.45, 2.75) is 32.9 Å². The Balaban J connectivity index is 1.38. The van der Waals surface area contributed by atoms with Crippen LogP contribution in [0.3, 0.4) is 0 Å². The van der Waals surface area contributed by atoms with Crippen LogP contribution in [0.5, 0.6) is 0 Å². The van der Waals surface area contributed by atoms with Crippen LogP contribution in [-0.4, -0.2) is 45.9 Å². The average Bonchev–Trinajstić information content (AvgIpc) is 3.29. The molecule has 1 aromatic heterocycles. The maximum atomic E-state index is 13.7. The second-order valence-electron chi connectivity index (χ2n) is 10.2. The predicted molar refractivity (Wildman–Crippen MR) is 144 cm³/mol. The highest BCUT2D eigenvalue weighted by atomic mass is 19.1. The first-order valence-corrected chi connectivity index (χ1v) is 13.0. The van der Waals surface area contributed by atoms with Crippen LogP contribution in [0.25, 0.3) is 11.4 Å². The summed E-state index contributed by atoms with van der Waals surface area (Å²) < 4.78 is 27.4. The van der Waals surface area contributed by atoms with Gasteiger partial charge in [-0.15, -0.1) is 0 Å². The van der Waals surface area contributed by atoms with E-state index in [1.54, 1.807) is 0 Å². The summed E-state index contributed by atoms with van der Waals surface area (Å²) in [5, 5.41) is 0. The lowest BCUT2D eigenvalue weighted by Crippen LogP contribution is -2.50. The molecule has 4 nitrogen and oxygen atoms in total. The third kappa shape index (κ3) is 5.50. The fraction of sp³-hybridized carbons (Fsp3) is 0.323. The van der Waals surface area contributed by atoms with Gasteiger partial charge in [0.2, 0.25) is 0 Å². The zero-order chi connectivity index (χ0) is 25.9. The van der Waals surface area contributed by atoms with Crippen molar-refractivity contribution in [3.05, 3.63) is 113 Å². The summed E-state index contributed by atoms with van der Waals surface area (Å²) in [7, 11) is 0. The summed E-state index contributed by atoms with van der Waals surface area (Å²) in [6.07, 6.45) is 0. The number of aromatic nitrogens is 2. The molecule has 0 radical (unpaired) electrons. The van der Waals surface area contributed by atoms with E-state index in [-0.39, 0.29) is 23.7 Å². The van der Waals surface area contributed by atoms with E-state index in [0.717, 1.165) is 60.1 Å². The highest BCUT2D eigenvalue weighted by molar-refractivity contribution is 5.55. The SMILES string of the molecule is Cc1[nH]c(-c2ccccc2)nc1C(C(C)C)N1CCN(C(c2ccc(F)cc2)c2ccc(F)cc2)CC1. The lowest BCUT2D eigenvalue weighted by atomic mass is 9.94. The number of H-pyrrole nitrogens is 1.